The van der Waals surface area contributed by atoms with Gasteiger partial charge in [0, 0.05) is 29.4 Å². The van der Waals surface area contributed by atoms with Crippen LogP contribution in [0.5, 0.6) is 0 Å². The normalized spacial score (nSPS) is 17.9. The zero-order valence-electron chi connectivity index (χ0n) is 13.7. The van der Waals surface area contributed by atoms with Gasteiger partial charge in [0.25, 0.3) is 0 Å². The van der Waals surface area contributed by atoms with Crippen molar-refractivity contribution in [1.82, 2.24) is 15.1 Å². The molecule has 3 rings (SSSR count). The minimum absolute atomic E-state index is 0.350. The van der Waals surface area contributed by atoms with E-state index in [9.17, 15) is 5.11 Å². The predicted molar refractivity (Wildman–Crippen MR) is 94.1 cm³/mol. The number of nitrogens with zero attached hydrogens (tertiary/aromatic N) is 2. The van der Waals surface area contributed by atoms with Crippen molar-refractivity contribution < 1.29 is 9.84 Å². The fourth-order valence-electron chi connectivity index (χ4n) is 3.16. The molecule has 0 amide bonds. The number of piperidine rings is 1. The fourth-order valence-corrected chi connectivity index (χ4v) is 3.29. The molecule has 0 saturated carbocycles. The molecule has 1 atom stereocenters. The molecular weight excluding hydrogens is 326 g/mol. The van der Waals surface area contributed by atoms with Crippen LogP contribution in [0.2, 0.25) is 5.02 Å². The number of hydrogen-bond acceptors (Lipinski definition) is 4. The number of hydrogen-bond donors (Lipinski definition) is 2. The van der Waals surface area contributed by atoms with Crippen molar-refractivity contribution in [3.63, 3.8) is 0 Å². The first-order valence-electron chi connectivity index (χ1n) is 8.42. The van der Waals surface area contributed by atoms with Gasteiger partial charge in [0.15, 0.2) is 0 Å². The minimum atomic E-state index is -0.457. The number of aromatic nitrogens is 2. The van der Waals surface area contributed by atoms with Crippen molar-refractivity contribution in [2.75, 3.05) is 26.2 Å². The highest BCUT2D eigenvalue weighted by Crippen LogP contribution is 2.26. The average molecular weight is 350 g/mol. The monoisotopic (exact) mass is 349 g/mol. The molecule has 1 aliphatic heterocycles. The number of likely N-dealkylation sites (tertiary alicyclic amines) is 1. The lowest BCUT2D eigenvalue weighted by molar-refractivity contribution is 0.00615. The summed E-state index contributed by atoms with van der Waals surface area (Å²) in [6.07, 6.45) is 3.55. The molecule has 1 aromatic heterocycles. The zero-order valence-corrected chi connectivity index (χ0v) is 14.5. The lowest BCUT2D eigenvalue weighted by Gasteiger charge is -2.32. The number of nitrogens with one attached hydrogen (secondary N) is 1. The molecule has 1 aliphatic rings. The quantitative estimate of drug-likeness (QED) is 0.807. The number of halogens is 1. The van der Waals surface area contributed by atoms with Gasteiger partial charge in [-0.3, -0.25) is 5.10 Å². The number of aromatic amines is 1. The molecule has 0 aliphatic carbocycles. The molecule has 6 heteroatoms. The molecular formula is C18H24ClN3O2. The van der Waals surface area contributed by atoms with Gasteiger partial charge in [-0.15, -0.1) is 0 Å². The van der Waals surface area contributed by atoms with Crippen LogP contribution in [0.25, 0.3) is 0 Å². The Morgan fingerprint density at radius 2 is 2.00 bits per heavy atom. The van der Waals surface area contributed by atoms with E-state index in [1.165, 1.54) is 5.69 Å². The summed E-state index contributed by atoms with van der Waals surface area (Å²) in [5.41, 5.74) is 2.29. The standard InChI is InChI=1S/C18H24ClN3O2/c19-16-3-1-14(2-4-16)12-24-13-17(23)11-22-9-6-15(7-10-22)18-5-8-20-21-18/h1-5,8,15,17,23H,6-7,9-13H2,(H,20,21)/t17-/m1/s1. The van der Waals surface area contributed by atoms with Crippen LogP contribution in [0.3, 0.4) is 0 Å². The van der Waals surface area contributed by atoms with Gasteiger partial charge in [-0.05, 0) is 49.7 Å². The zero-order chi connectivity index (χ0) is 16.8. The molecule has 2 heterocycles. The van der Waals surface area contributed by atoms with Gasteiger partial charge < -0.3 is 14.7 Å². The second-order valence-corrected chi connectivity index (χ2v) is 6.82. The van der Waals surface area contributed by atoms with Gasteiger partial charge in [-0.2, -0.15) is 5.10 Å². The Morgan fingerprint density at radius 3 is 2.67 bits per heavy atom. The van der Waals surface area contributed by atoms with Gasteiger partial charge in [-0.1, -0.05) is 23.7 Å². The van der Waals surface area contributed by atoms with E-state index < -0.39 is 6.10 Å². The highest BCUT2D eigenvalue weighted by atomic mass is 35.5. The lowest BCUT2D eigenvalue weighted by atomic mass is 9.93. The summed E-state index contributed by atoms with van der Waals surface area (Å²) in [4.78, 5) is 2.31. The summed E-state index contributed by atoms with van der Waals surface area (Å²) in [6, 6.07) is 9.63. The molecule has 24 heavy (non-hydrogen) atoms. The summed E-state index contributed by atoms with van der Waals surface area (Å²) in [7, 11) is 0. The Kier molecular flexibility index (Phi) is 6.26. The largest absolute Gasteiger partial charge is 0.389 e. The summed E-state index contributed by atoms with van der Waals surface area (Å²) in [5, 5.41) is 18.0. The molecule has 0 unspecified atom stereocenters. The van der Waals surface area contributed by atoms with E-state index in [0.717, 1.165) is 36.5 Å². The Hall–Kier alpha value is -1.40. The first kappa shape index (κ1) is 17.4. The molecule has 1 aromatic carbocycles. The first-order valence-corrected chi connectivity index (χ1v) is 8.80. The number of ether oxygens (including phenoxy) is 1. The van der Waals surface area contributed by atoms with Crippen LogP contribution in [0.1, 0.15) is 30.0 Å². The van der Waals surface area contributed by atoms with Crippen LogP contribution < -0.4 is 0 Å². The van der Waals surface area contributed by atoms with E-state index in [2.05, 4.69) is 21.2 Å². The molecule has 2 N–H and O–H groups in total. The maximum atomic E-state index is 10.2. The third-order valence-electron chi connectivity index (χ3n) is 4.51. The molecule has 0 spiro atoms. The Bertz CT molecular complexity index is 595. The fraction of sp³-hybridized carbons (Fsp3) is 0.500. The van der Waals surface area contributed by atoms with E-state index in [1.54, 1.807) is 0 Å². The van der Waals surface area contributed by atoms with Gasteiger partial charge >= 0.3 is 0 Å². The second-order valence-electron chi connectivity index (χ2n) is 6.38. The van der Waals surface area contributed by atoms with Crippen LogP contribution >= 0.6 is 11.6 Å². The highest BCUT2D eigenvalue weighted by Gasteiger charge is 2.22. The molecule has 0 radical (unpaired) electrons. The SMILES string of the molecule is O[C@@H](COCc1ccc(Cl)cc1)CN1CCC(c2ccn[nH]2)CC1. The molecule has 5 nitrogen and oxygen atoms in total. The molecule has 0 bridgehead atoms. The molecule has 1 fully saturated rings. The maximum absolute atomic E-state index is 10.2. The van der Waals surface area contributed by atoms with Gasteiger partial charge in [-0.25, -0.2) is 0 Å². The number of rotatable bonds is 7. The first-order chi connectivity index (χ1) is 11.7. The van der Waals surface area contributed by atoms with E-state index in [4.69, 9.17) is 16.3 Å². The van der Waals surface area contributed by atoms with E-state index >= 15 is 0 Å². The van der Waals surface area contributed by atoms with E-state index in [-0.39, 0.29) is 0 Å². The summed E-state index contributed by atoms with van der Waals surface area (Å²) in [5.74, 6) is 0.557. The van der Waals surface area contributed by atoms with Crippen molar-refractivity contribution in [1.29, 1.82) is 0 Å². The van der Waals surface area contributed by atoms with Crippen molar-refractivity contribution in [3.05, 3.63) is 52.8 Å². The van der Waals surface area contributed by atoms with Crippen molar-refractivity contribution in [2.45, 2.75) is 31.5 Å². The smallest absolute Gasteiger partial charge is 0.0900 e. The third-order valence-corrected chi connectivity index (χ3v) is 4.76. The van der Waals surface area contributed by atoms with Crippen LogP contribution in [0.15, 0.2) is 36.5 Å². The number of β-amino-alcohol motifs (C(OH)–C–C–N with tert-alkyl or cyclic N) is 1. The van der Waals surface area contributed by atoms with Gasteiger partial charge in [0.05, 0.1) is 19.3 Å². The van der Waals surface area contributed by atoms with Crippen LogP contribution in [0, 0.1) is 0 Å². The predicted octanol–water partition coefficient (Wildman–Crippen LogP) is 2.82. The Balaban J connectivity index is 1.34. The number of aliphatic hydroxyl groups is 1. The van der Waals surface area contributed by atoms with Gasteiger partial charge in [0.1, 0.15) is 0 Å². The van der Waals surface area contributed by atoms with Crippen molar-refractivity contribution >= 4 is 11.6 Å². The molecule has 2 aromatic rings. The summed E-state index contributed by atoms with van der Waals surface area (Å²) >= 11 is 5.86. The van der Waals surface area contributed by atoms with Crippen molar-refractivity contribution in [2.24, 2.45) is 0 Å². The van der Waals surface area contributed by atoms with E-state index in [1.807, 2.05) is 30.5 Å². The Labute approximate surface area is 147 Å². The molecule has 1 saturated heterocycles. The van der Waals surface area contributed by atoms with Crippen LogP contribution in [-0.2, 0) is 11.3 Å². The Morgan fingerprint density at radius 1 is 1.25 bits per heavy atom. The lowest BCUT2D eigenvalue weighted by Crippen LogP contribution is -2.39. The number of benzene rings is 1. The average Bonchev–Trinajstić information content (AvgIpc) is 3.12. The topological polar surface area (TPSA) is 61.4 Å². The van der Waals surface area contributed by atoms with E-state index in [0.29, 0.717) is 25.7 Å². The summed E-state index contributed by atoms with van der Waals surface area (Å²) < 4.78 is 5.61. The van der Waals surface area contributed by atoms with Gasteiger partial charge in [0.2, 0.25) is 0 Å². The maximum Gasteiger partial charge on any atom is 0.0900 e. The second kappa shape index (κ2) is 8.62. The number of H-pyrrole nitrogens is 1. The number of aliphatic hydroxyl groups excluding tert-OH is 1. The van der Waals surface area contributed by atoms with Crippen molar-refractivity contribution in [3.8, 4) is 0 Å². The minimum Gasteiger partial charge on any atom is -0.389 e. The third kappa shape index (κ3) is 5.05. The van der Waals surface area contributed by atoms with Crippen LogP contribution in [0.4, 0.5) is 0 Å². The highest BCUT2D eigenvalue weighted by molar-refractivity contribution is 6.30. The van der Waals surface area contributed by atoms with Crippen LogP contribution in [-0.4, -0.2) is 52.5 Å². The molecule has 130 valence electrons. The summed E-state index contributed by atoms with van der Waals surface area (Å²) in [6.45, 7) is 3.51.